The van der Waals surface area contributed by atoms with Crippen molar-refractivity contribution in [3.8, 4) is 5.75 Å². The lowest BCUT2D eigenvalue weighted by Crippen LogP contribution is -2.34. The second-order valence-electron chi connectivity index (χ2n) is 13.7. The van der Waals surface area contributed by atoms with E-state index in [0.29, 0.717) is 24.3 Å². The highest BCUT2D eigenvalue weighted by atomic mass is 16.5. The normalized spacial score (nSPS) is 11.6. The highest BCUT2D eigenvalue weighted by Crippen LogP contribution is 2.18. The van der Waals surface area contributed by atoms with E-state index in [-0.39, 0.29) is 18.5 Å². The van der Waals surface area contributed by atoms with Crippen molar-refractivity contribution in [3.05, 3.63) is 48.3 Å². The van der Waals surface area contributed by atoms with Gasteiger partial charge in [-0.05, 0) is 70.3 Å². The number of carbonyl (C=O) groups excluding carboxylic acids is 2. The third kappa shape index (κ3) is 26.5. The Morgan fingerprint density at radius 1 is 0.562 bits per heavy atom. The molecule has 274 valence electrons. The Kier molecular flexibility index (Phi) is 30.0. The van der Waals surface area contributed by atoms with Crippen LogP contribution >= 0.6 is 0 Å². The maximum absolute atomic E-state index is 12.6. The first-order valence-electron chi connectivity index (χ1n) is 20.2. The fourth-order valence-electron chi connectivity index (χ4n) is 5.96. The van der Waals surface area contributed by atoms with Crippen molar-refractivity contribution in [3.63, 3.8) is 0 Å². The maximum atomic E-state index is 12.6. The van der Waals surface area contributed by atoms with Crippen molar-refractivity contribution in [2.24, 2.45) is 7.05 Å². The number of hydrogen-bond acceptors (Lipinski definition) is 4. The van der Waals surface area contributed by atoms with E-state index in [0.717, 1.165) is 51.4 Å². The van der Waals surface area contributed by atoms with Gasteiger partial charge in [0, 0.05) is 18.9 Å². The second-order valence-corrected chi connectivity index (χ2v) is 13.7. The van der Waals surface area contributed by atoms with Gasteiger partial charge in [0.25, 0.3) is 5.69 Å². The molecule has 0 spiro atoms. The molecule has 0 fully saturated rings. The van der Waals surface area contributed by atoms with Gasteiger partial charge in [-0.2, -0.15) is 4.57 Å². The Morgan fingerprint density at radius 2 is 0.958 bits per heavy atom. The first-order valence-corrected chi connectivity index (χ1v) is 20.2. The monoisotopic (exact) mass is 669 g/mol. The van der Waals surface area contributed by atoms with E-state index in [1.165, 1.54) is 116 Å². The van der Waals surface area contributed by atoms with E-state index < -0.39 is 0 Å². The third-order valence-electron chi connectivity index (χ3n) is 9.15. The van der Waals surface area contributed by atoms with Crippen molar-refractivity contribution in [1.82, 2.24) is 0 Å². The zero-order valence-corrected chi connectivity index (χ0v) is 31.6. The van der Waals surface area contributed by atoms with Gasteiger partial charge in [-0.3, -0.25) is 9.59 Å². The van der Waals surface area contributed by atoms with Crippen molar-refractivity contribution in [2.45, 2.75) is 200 Å². The number of aryl methyl sites for hydroxylation is 1. The lowest BCUT2D eigenvalue weighted by molar-refractivity contribution is -0.681. The van der Waals surface area contributed by atoms with Crippen molar-refractivity contribution in [1.29, 1.82) is 0 Å². The van der Waals surface area contributed by atoms with Gasteiger partial charge in [0.1, 0.15) is 7.05 Å². The summed E-state index contributed by atoms with van der Waals surface area (Å²) in [6.07, 6.45) is 44.1. The van der Waals surface area contributed by atoms with Crippen LogP contribution in [0, 0.1) is 0 Å². The summed E-state index contributed by atoms with van der Waals surface area (Å²) in [5.41, 5.74) is 0.702. The second kappa shape index (κ2) is 33.1. The zero-order valence-electron chi connectivity index (χ0n) is 31.6. The molecule has 1 aromatic heterocycles. The van der Waals surface area contributed by atoms with Crippen molar-refractivity contribution < 1.29 is 23.6 Å². The molecule has 0 bridgehead atoms. The van der Waals surface area contributed by atoms with E-state index in [2.05, 4.69) is 38.2 Å². The minimum absolute atomic E-state index is 0.108. The fraction of sp³-hybridized carbons (Fsp3) is 0.744. The molecule has 0 aliphatic rings. The summed E-state index contributed by atoms with van der Waals surface area (Å²) in [6.45, 7) is 4.64. The molecule has 0 saturated heterocycles. The Hall–Kier alpha value is -2.43. The van der Waals surface area contributed by atoms with Crippen molar-refractivity contribution in [2.75, 3.05) is 0 Å². The molecule has 0 aromatic carbocycles. The number of carbonyl (C=O) groups is 2. The van der Waals surface area contributed by atoms with E-state index in [1.807, 2.05) is 23.9 Å². The molecule has 0 aliphatic carbocycles. The van der Waals surface area contributed by atoms with Crippen LogP contribution in [0.2, 0.25) is 0 Å². The number of nitrogens with zero attached hydrogens (tertiary/aromatic N) is 1. The molecule has 0 radical (unpaired) electrons. The molecule has 0 amide bonds. The molecule has 0 aliphatic heterocycles. The molecule has 48 heavy (non-hydrogen) atoms. The molecule has 1 rings (SSSR count). The van der Waals surface area contributed by atoms with Crippen molar-refractivity contribution >= 4 is 11.9 Å². The van der Waals surface area contributed by atoms with Gasteiger partial charge in [-0.1, -0.05) is 141 Å². The van der Waals surface area contributed by atoms with E-state index in [1.54, 1.807) is 6.07 Å². The van der Waals surface area contributed by atoms with Crippen LogP contribution in [-0.4, -0.2) is 11.9 Å². The van der Waals surface area contributed by atoms with Gasteiger partial charge in [0.2, 0.25) is 5.75 Å². The highest BCUT2D eigenvalue weighted by molar-refractivity contribution is 5.72. The first-order chi connectivity index (χ1) is 23.6. The molecule has 0 unspecified atom stereocenters. The Balaban J connectivity index is 2.10. The number of pyridine rings is 1. The van der Waals surface area contributed by atoms with Gasteiger partial charge in [0.15, 0.2) is 12.8 Å². The number of unbranched alkanes of at least 4 members (excludes halogenated alkanes) is 22. The number of ether oxygens (including phenoxy) is 2. The van der Waals surface area contributed by atoms with E-state index in [9.17, 15) is 9.59 Å². The quantitative estimate of drug-likeness (QED) is 0.0324. The number of hydrogen-bond donors (Lipinski definition) is 0. The summed E-state index contributed by atoms with van der Waals surface area (Å²) in [4.78, 5) is 25.0. The minimum atomic E-state index is -0.223. The largest absolute Gasteiger partial charge is 0.454 e. The molecule has 0 N–H and O–H groups in total. The maximum Gasteiger partial charge on any atom is 0.311 e. The van der Waals surface area contributed by atoms with Crippen LogP contribution in [0.15, 0.2) is 42.6 Å². The summed E-state index contributed by atoms with van der Waals surface area (Å²) in [6, 6.07) is 3.63. The molecule has 5 heteroatoms. The van der Waals surface area contributed by atoms with Crippen LogP contribution in [-0.2, 0) is 28.0 Å². The van der Waals surface area contributed by atoms with E-state index in [4.69, 9.17) is 9.47 Å². The van der Waals surface area contributed by atoms with Crippen LogP contribution in [0.5, 0.6) is 5.75 Å². The predicted molar refractivity (Wildman–Crippen MR) is 202 cm³/mol. The van der Waals surface area contributed by atoms with E-state index >= 15 is 0 Å². The summed E-state index contributed by atoms with van der Waals surface area (Å²) >= 11 is 0. The molecular formula is C43H74NO4+. The van der Waals surface area contributed by atoms with Crippen LogP contribution in [0.25, 0.3) is 0 Å². The molecule has 1 heterocycles. The third-order valence-corrected chi connectivity index (χ3v) is 9.15. The highest BCUT2D eigenvalue weighted by Gasteiger charge is 2.19. The van der Waals surface area contributed by atoms with Gasteiger partial charge in [-0.15, -0.1) is 0 Å². The average molecular weight is 669 g/mol. The zero-order chi connectivity index (χ0) is 34.8. The summed E-state index contributed by atoms with van der Waals surface area (Å²) in [7, 11) is 1.88. The molecule has 0 saturated carbocycles. The Morgan fingerprint density at radius 3 is 1.42 bits per heavy atom. The predicted octanol–water partition coefficient (Wildman–Crippen LogP) is 12.5. The lowest BCUT2D eigenvalue weighted by Gasteiger charge is -2.09. The number of esters is 2. The molecule has 1 aromatic rings. The Labute approximate surface area is 296 Å². The lowest BCUT2D eigenvalue weighted by atomic mass is 10.1. The van der Waals surface area contributed by atoms with Gasteiger partial charge < -0.3 is 9.47 Å². The van der Waals surface area contributed by atoms with Gasteiger partial charge in [0.05, 0.1) is 0 Å². The summed E-state index contributed by atoms with van der Waals surface area (Å²) < 4.78 is 13.1. The molecular weight excluding hydrogens is 594 g/mol. The molecule has 5 nitrogen and oxygen atoms in total. The molecule has 0 atom stereocenters. The summed E-state index contributed by atoms with van der Waals surface area (Å²) in [5.74, 6) is 0.0633. The number of allylic oxidation sites excluding steroid dienone is 4. The average Bonchev–Trinajstić information content (AvgIpc) is 3.08. The summed E-state index contributed by atoms with van der Waals surface area (Å²) in [5, 5.41) is 0. The van der Waals surface area contributed by atoms with Gasteiger partial charge >= 0.3 is 11.9 Å². The SMILES string of the molecule is CCCCCCCCC=CCCCCCCCC(=O)OCc1c(OC(=O)CCCCCCCC=CCCCCCCCC)ccc[n+]1C. The minimum Gasteiger partial charge on any atom is -0.454 e. The Bertz CT molecular complexity index is 970. The van der Waals surface area contributed by atoms with Crippen LogP contribution in [0.1, 0.15) is 199 Å². The van der Waals surface area contributed by atoms with Crippen LogP contribution in [0.4, 0.5) is 0 Å². The topological polar surface area (TPSA) is 56.5 Å². The van der Waals surface area contributed by atoms with Crippen LogP contribution < -0.4 is 9.30 Å². The first kappa shape index (κ1) is 43.6. The number of rotatable bonds is 33. The fourth-order valence-corrected chi connectivity index (χ4v) is 5.96. The smallest absolute Gasteiger partial charge is 0.311 e. The standard InChI is InChI=1S/C43H74NO4/c1-4-6-8-10-12-14-16-18-20-22-24-26-28-30-32-36-42(45)47-39-40-41(35-34-38-44(40)3)48-43(46)37-33-31-29-27-25-23-21-19-17-15-13-11-9-7-5-2/h18-21,34-35,38H,4-17,22-33,36-37,39H2,1-3H3/q+1. The number of aromatic nitrogens is 1. The van der Waals surface area contributed by atoms with Crippen LogP contribution in [0.3, 0.4) is 0 Å². The van der Waals surface area contributed by atoms with Gasteiger partial charge in [-0.25, -0.2) is 0 Å².